The molecule has 1 amide bonds. The Morgan fingerprint density at radius 3 is 2.41 bits per heavy atom. The van der Waals surface area contributed by atoms with Crippen molar-refractivity contribution in [2.75, 3.05) is 47.4 Å². The van der Waals surface area contributed by atoms with Crippen molar-refractivity contribution in [2.45, 2.75) is 147 Å². The average molecular weight is 719 g/mol. The third-order valence-electron chi connectivity index (χ3n) is 12.5. The molecule has 0 aromatic carbocycles. The van der Waals surface area contributed by atoms with E-state index in [9.17, 15) is 14.4 Å². The zero-order valence-electron chi connectivity index (χ0n) is 33.1. The lowest BCUT2D eigenvalue weighted by atomic mass is 9.78. The standard InChI is InChI=1S/C39H66N4O8/c1-12-31-39(8)33-27(6)42(11)22-23(2)20-38(7,47-18-14-13-17-43(33)37(46)51-39)34(25(4)32(44)26(5)35(45)49-31)50-36-24(3)30(41(9)10)19-29(48-36)21-40-28-15-16-28/h13-14,23-31,33-34,36,40H,12,15-22H2,1-11H3/b14-13+/t23-,24-,25+,26?,27-,29+,30?,31-,33-,34-,36+,38-,39-/m1/s1. The van der Waals surface area contributed by atoms with Crippen molar-refractivity contribution < 1.29 is 38.1 Å². The molecular formula is C39H66N4O8. The number of likely N-dealkylation sites (N-methyl/N-ethyl adjacent to an activating group) is 1. The topological polar surface area (TPSA) is 119 Å². The molecule has 0 spiro atoms. The number of nitrogens with zero attached hydrogens (tertiary/aromatic N) is 3. The molecule has 1 N–H and O–H groups in total. The quantitative estimate of drug-likeness (QED) is 0.231. The Kier molecular flexibility index (Phi) is 12.7. The average Bonchev–Trinajstić information content (AvgIpc) is 3.86. The van der Waals surface area contributed by atoms with E-state index >= 15 is 0 Å². The zero-order chi connectivity index (χ0) is 37.4. The molecule has 2 bridgehead atoms. The Morgan fingerprint density at radius 2 is 1.76 bits per heavy atom. The largest absolute Gasteiger partial charge is 0.458 e. The van der Waals surface area contributed by atoms with Crippen LogP contribution in [0.1, 0.15) is 87.5 Å². The van der Waals surface area contributed by atoms with E-state index in [0.29, 0.717) is 32.0 Å². The maximum atomic E-state index is 14.5. The van der Waals surface area contributed by atoms with Gasteiger partial charge >= 0.3 is 12.1 Å². The maximum absolute atomic E-state index is 14.5. The second-order valence-electron chi connectivity index (χ2n) is 17.0. The molecule has 5 rings (SSSR count). The van der Waals surface area contributed by atoms with Crippen molar-refractivity contribution >= 4 is 17.8 Å². The zero-order valence-corrected chi connectivity index (χ0v) is 33.1. The summed E-state index contributed by atoms with van der Waals surface area (Å²) < 4.78 is 33.1. The van der Waals surface area contributed by atoms with Gasteiger partial charge in [-0.1, -0.05) is 39.8 Å². The lowest BCUT2D eigenvalue weighted by Gasteiger charge is -2.48. The first-order valence-corrected chi connectivity index (χ1v) is 19.4. The van der Waals surface area contributed by atoms with E-state index in [1.807, 2.05) is 39.8 Å². The molecule has 4 heterocycles. The molecule has 4 fully saturated rings. The Balaban J connectivity index is 1.58. The predicted octanol–water partition coefficient (Wildman–Crippen LogP) is 4.25. The number of hydrogen-bond acceptors (Lipinski definition) is 11. The van der Waals surface area contributed by atoms with Crippen LogP contribution in [0.2, 0.25) is 0 Å². The van der Waals surface area contributed by atoms with Crippen LogP contribution in [0, 0.1) is 23.7 Å². The number of ketones is 1. The van der Waals surface area contributed by atoms with Gasteiger partial charge in [-0.15, -0.1) is 0 Å². The van der Waals surface area contributed by atoms with E-state index < -0.39 is 59.6 Å². The van der Waals surface area contributed by atoms with Crippen molar-refractivity contribution in [2.24, 2.45) is 23.7 Å². The number of carbonyl (C=O) groups excluding carboxylic acids is 3. The highest BCUT2D eigenvalue weighted by molar-refractivity contribution is 6.00. The van der Waals surface area contributed by atoms with Crippen LogP contribution < -0.4 is 5.32 Å². The third kappa shape index (κ3) is 8.51. The van der Waals surface area contributed by atoms with Crippen molar-refractivity contribution in [3.63, 3.8) is 0 Å². The van der Waals surface area contributed by atoms with E-state index in [2.05, 4.69) is 57.0 Å². The van der Waals surface area contributed by atoms with Gasteiger partial charge < -0.3 is 38.8 Å². The molecule has 0 aromatic heterocycles. The maximum Gasteiger partial charge on any atom is 0.411 e. The van der Waals surface area contributed by atoms with Gasteiger partial charge in [-0.3, -0.25) is 14.5 Å². The summed E-state index contributed by atoms with van der Waals surface area (Å²) in [6, 6.07) is 0.200. The molecule has 0 aromatic rings. The van der Waals surface area contributed by atoms with Gasteiger partial charge in [0.15, 0.2) is 17.7 Å². The summed E-state index contributed by atoms with van der Waals surface area (Å²) in [6.45, 7) is 17.7. The molecule has 2 unspecified atom stereocenters. The summed E-state index contributed by atoms with van der Waals surface area (Å²) >= 11 is 0. The highest BCUT2D eigenvalue weighted by atomic mass is 16.7. The van der Waals surface area contributed by atoms with Gasteiger partial charge in [0.1, 0.15) is 12.0 Å². The van der Waals surface area contributed by atoms with Crippen LogP contribution in [-0.2, 0) is 33.3 Å². The van der Waals surface area contributed by atoms with Crippen LogP contribution in [0.5, 0.6) is 0 Å². The third-order valence-corrected chi connectivity index (χ3v) is 12.5. The van der Waals surface area contributed by atoms with Gasteiger partial charge in [0, 0.05) is 49.6 Å². The first-order valence-electron chi connectivity index (χ1n) is 19.4. The number of rotatable bonds is 7. The number of fused-ring (bicyclic) bond motifs is 5. The predicted molar refractivity (Wildman–Crippen MR) is 194 cm³/mol. The Bertz CT molecular complexity index is 1280. The van der Waals surface area contributed by atoms with Crippen molar-refractivity contribution in [1.29, 1.82) is 0 Å². The first kappa shape index (κ1) is 40.1. The van der Waals surface area contributed by atoms with Gasteiger partial charge in [0.05, 0.1) is 30.5 Å². The van der Waals surface area contributed by atoms with E-state index in [-0.39, 0.29) is 42.4 Å². The van der Waals surface area contributed by atoms with Gasteiger partial charge in [-0.25, -0.2) is 4.79 Å². The lowest BCUT2D eigenvalue weighted by molar-refractivity contribution is -0.284. The number of hydrogen-bond donors (Lipinski definition) is 1. The van der Waals surface area contributed by atoms with Crippen LogP contribution >= 0.6 is 0 Å². The molecule has 290 valence electrons. The van der Waals surface area contributed by atoms with E-state index in [1.165, 1.54) is 12.8 Å². The number of amides is 1. The van der Waals surface area contributed by atoms with E-state index in [0.717, 1.165) is 13.0 Å². The molecule has 4 aliphatic heterocycles. The van der Waals surface area contributed by atoms with Crippen LogP contribution in [0.15, 0.2) is 12.2 Å². The summed E-state index contributed by atoms with van der Waals surface area (Å²) in [4.78, 5) is 48.2. The molecule has 51 heavy (non-hydrogen) atoms. The smallest absolute Gasteiger partial charge is 0.411 e. The Labute approximate surface area is 306 Å². The highest BCUT2D eigenvalue weighted by Gasteiger charge is 2.59. The van der Waals surface area contributed by atoms with Gasteiger partial charge in [0.2, 0.25) is 0 Å². The summed E-state index contributed by atoms with van der Waals surface area (Å²) in [5.74, 6) is -2.61. The van der Waals surface area contributed by atoms with Crippen LogP contribution in [0.3, 0.4) is 0 Å². The number of carbonyl (C=O) groups is 3. The van der Waals surface area contributed by atoms with Gasteiger partial charge in [-0.2, -0.15) is 0 Å². The second kappa shape index (κ2) is 16.1. The normalized spacial score (nSPS) is 44.1. The minimum Gasteiger partial charge on any atom is -0.458 e. The van der Waals surface area contributed by atoms with Crippen molar-refractivity contribution in [1.82, 2.24) is 20.0 Å². The number of Topliss-reactive ketones (excluding diaryl/α,β-unsaturated/α-hetero) is 1. The van der Waals surface area contributed by atoms with Crippen molar-refractivity contribution in [3.05, 3.63) is 12.2 Å². The van der Waals surface area contributed by atoms with Gasteiger partial charge in [0.25, 0.3) is 0 Å². The van der Waals surface area contributed by atoms with E-state index in [4.69, 9.17) is 23.7 Å². The molecule has 0 radical (unpaired) electrons. The molecule has 12 heteroatoms. The summed E-state index contributed by atoms with van der Waals surface area (Å²) in [7, 11) is 6.26. The van der Waals surface area contributed by atoms with Crippen LogP contribution in [-0.4, -0.2) is 140 Å². The monoisotopic (exact) mass is 718 g/mol. The Hall–Kier alpha value is -2.09. The number of esters is 1. The van der Waals surface area contributed by atoms with Gasteiger partial charge in [-0.05, 0) is 86.9 Å². The first-order chi connectivity index (χ1) is 24.0. The van der Waals surface area contributed by atoms with E-state index in [1.54, 1.807) is 11.8 Å². The molecule has 5 aliphatic rings. The second-order valence-corrected chi connectivity index (χ2v) is 17.0. The number of nitrogens with one attached hydrogen (secondary N) is 1. The Morgan fingerprint density at radius 1 is 1.06 bits per heavy atom. The molecule has 13 atom stereocenters. The lowest BCUT2D eigenvalue weighted by Crippen LogP contribution is -2.61. The minimum absolute atomic E-state index is 0.00573. The number of cyclic esters (lactones) is 1. The number of ether oxygens (including phenoxy) is 5. The molecule has 12 nitrogen and oxygen atoms in total. The SMILES string of the molecule is CC[C@H]1OC(=O)C(C)C(=O)[C@H](C)[C@@H](O[C@@H]2O[C@H](CNC3CC3)CC(N(C)C)[C@H]2C)[C@@]2(C)C[C@@H](C)CN(C)[C@H](C)[C@H]3N(C/C=C/CO2)C(=O)O[C@]13C. The highest BCUT2D eigenvalue weighted by Crippen LogP contribution is 2.42. The van der Waals surface area contributed by atoms with Crippen LogP contribution in [0.4, 0.5) is 4.79 Å². The fraction of sp³-hybridized carbons (Fsp3) is 0.872. The molecule has 1 aliphatic carbocycles. The molecular weight excluding hydrogens is 652 g/mol. The molecule has 3 saturated heterocycles. The fourth-order valence-corrected chi connectivity index (χ4v) is 9.35. The fourth-order valence-electron chi connectivity index (χ4n) is 9.35. The summed E-state index contributed by atoms with van der Waals surface area (Å²) in [5, 5.41) is 3.64. The summed E-state index contributed by atoms with van der Waals surface area (Å²) in [5.41, 5.74) is -2.08. The van der Waals surface area contributed by atoms with Crippen LogP contribution in [0.25, 0.3) is 0 Å². The van der Waals surface area contributed by atoms with Crippen molar-refractivity contribution in [3.8, 4) is 0 Å². The molecule has 1 saturated carbocycles. The summed E-state index contributed by atoms with van der Waals surface area (Å²) in [6.07, 6.45) is 5.53. The minimum atomic E-state index is -1.14.